The molecule has 0 bridgehead atoms. The molecule has 0 saturated carbocycles. The van der Waals surface area contributed by atoms with Crippen LogP contribution in [0.3, 0.4) is 0 Å². The lowest BCUT2D eigenvalue weighted by molar-refractivity contribution is -0.124. The fourth-order valence-corrected chi connectivity index (χ4v) is 3.10. The maximum atomic E-state index is 11.9. The van der Waals surface area contributed by atoms with Crippen molar-refractivity contribution in [1.82, 2.24) is 10.6 Å². The van der Waals surface area contributed by atoms with Crippen LogP contribution >= 0.6 is 11.8 Å². The van der Waals surface area contributed by atoms with Crippen LogP contribution in [0.15, 0.2) is 23.1 Å². The molecule has 2 aliphatic rings. The van der Waals surface area contributed by atoms with Crippen molar-refractivity contribution in [2.24, 2.45) is 0 Å². The molecule has 1 aromatic rings. The second-order valence-corrected chi connectivity index (χ2v) is 5.22. The molecule has 0 aromatic heterocycles. The molecule has 1 spiro atoms. The van der Waals surface area contributed by atoms with Crippen LogP contribution in [-0.4, -0.2) is 18.2 Å². The molecule has 0 radical (unpaired) electrons. The Morgan fingerprint density at radius 3 is 2.82 bits per heavy atom. The van der Waals surface area contributed by atoms with Gasteiger partial charge in [0.15, 0.2) is 0 Å². The number of hydrogen-bond donors (Lipinski definition) is 2. The zero-order chi connectivity index (χ0) is 12.0. The van der Waals surface area contributed by atoms with Crippen molar-refractivity contribution in [2.75, 3.05) is 6.26 Å². The van der Waals surface area contributed by atoms with Crippen LogP contribution in [0.2, 0.25) is 0 Å². The number of urea groups is 1. The summed E-state index contributed by atoms with van der Waals surface area (Å²) in [5.41, 5.74) is 1.29. The van der Waals surface area contributed by atoms with Crippen LogP contribution in [0.25, 0.3) is 0 Å². The van der Waals surface area contributed by atoms with Gasteiger partial charge in [-0.25, -0.2) is 4.79 Å². The van der Waals surface area contributed by atoms with Crippen LogP contribution in [0.4, 0.5) is 4.79 Å². The van der Waals surface area contributed by atoms with Gasteiger partial charge in [0, 0.05) is 4.90 Å². The first-order valence-corrected chi connectivity index (χ1v) is 6.69. The number of fused-ring (bicyclic) bond motifs is 2. The zero-order valence-electron chi connectivity index (χ0n) is 9.37. The number of carbonyl (C=O) groups is 2. The third-order valence-electron chi connectivity index (χ3n) is 3.48. The molecule has 1 unspecified atom stereocenters. The molecule has 1 aliphatic heterocycles. The highest BCUT2D eigenvalue weighted by Gasteiger charge is 2.51. The number of rotatable bonds is 1. The predicted octanol–water partition coefficient (Wildman–Crippen LogP) is 1.39. The van der Waals surface area contributed by atoms with E-state index in [0.717, 1.165) is 17.5 Å². The van der Waals surface area contributed by atoms with Gasteiger partial charge in [0.1, 0.15) is 5.54 Å². The van der Waals surface area contributed by atoms with Crippen LogP contribution in [-0.2, 0) is 16.8 Å². The van der Waals surface area contributed by atoms with Crippen molar-refractivity contribution >= 4 is 23.7 Å². The summed E-state index contributed by atoms with van der Waals surface area (Å²) >= 11 is 1.68. The largest absolute Gasteiger partial charge is 0.322 e. The summed E-state index contributed by atoms with van der Waals surface area (Å²) in [6.45, 7) is 0. The van der Waals surface area contributed by atoms with Crippen molar-refractivity contribution < 1.29 is 9.59 Å². The van der Waals surface area contributed by atoms with E-state index in [4.69, 9.17) is 0 Å². The lowest BCUT2D eigenvalue weighted by Crippen LogP contribution is -2.41. The Labute approximate surface area is 103 Å². The summed E-state index contributed by atoms with van der Waals surface area (Å²) in [7, 11) is 0. The van der Waals surface area contributed by atoms with Gasteiger partial charge in [-0.1, -0.05) is 6.07 Å². The van der Waals surface area contributed by atoms with Gasteiger partial charge < -0.3 is 5.32 Å². The van der Waals surface area contributed by atoms with E-state index < -0.39 is 11.6 Å². The van der Waals surface area contributed by atoms with Crippen molar-refractivity contribution in [3.63, 3.8) is 0 Å². The van der Waals surface area contributed by atoms with E-state index in [-0.39, 0.29) is 5.91 Å². The molecule has 2 N–H and O–H groups in total. The van der Waals surface area contributed by atoms with Gasteiger partial charge in [-0.15, -0.1) is 11.8 Å². The minimum Gasteiger partial charge on any atom is -0.319 e. The maximum Gasteiger partial charge on any atom is 0.322 e. The number of nitrogens with one attached hydrogen (secondary N) is 2. The first kappa shape index (κ1) is 10.7. The van der Waals surface area contributed by atoms with Gasteiger partial charge in [-0.2, -0.15) is 0 Å². The minimum atomic E-state index is -0.816. The average molecular weight is 248 g/mol. The van der Waals surface area contributed by atoms with Crippen molar-refractivity contribution in [3.8, 4) is 0 Å². The topological polar surface area (TPSA) is 58.2 Å². The smallest absolute Gasteiger partial charge is 0.319 e. The summed E-state index contributed by atoms with van der Waals surface area (Å²) in [5, 5.41) is 5.09. The van der Waals surface area contributed by atoms with Gasteiger partial charge >= 0.3 is 6.03 Å². The molecular weight excluding hydrogens is 236 g/mol. The SMILES string of the molecule is CSc1ccc2c(c1)CCC21NC(=O)NC1=O. The lowest BCUT2D eigenvalue weighted by Gasteiger charge is -2.21. The molecule has 1 atom stereocenters. The summed E-state index contributed by atoms with van der Waals surface area (Å²) in [4.78, 5) is 24.4. The summed E-state index contributed by atoms with van der Waals surface area (Å²) in [5.74, 6) is -0.224. The summed E-state index contributed by atoms with van der Waals surface area (Å²) in [6, 6.07) is 5.66. The fourth-order valence-electron chi connectivity index (χ4n) is 2.63. The number of hydrogen-bond acceptors (Lipinski definition) is 3. The first-order chi connectivity index (χ1) is 8.15. The molecule has 5 heteroatoms. The van der Waals surface area contributed by atoms with Crippen molar-refractivity contribution in [3.05, 3.63) is 29.3 Å². The van der Waals surface area contributed by atoms with Crippen LogP contribution in [0, 0.1) is 0 Å². The summed E-state index contributed by atoms with van der Waals surface area (Å²) < 4.78 is 0. The van der Waals surface area contributed by atoms with Gasteiger partial charge in [0.2, 0.25) is 0 Å². The molecule has 3 rings (SSSR count). The van der Waals surface area contributed by atoms with E-state index in [1.54, 1.807) is 11.8 Å². The molecule has 1 saturated heterocycles. The molecule has 4 nitrogen and oxygen atoms in total. The average Bonchev–Trinajstić information content (AvgIpc) is 2.81. The number of carbonyl (C=O) groups excluding carboxylic acids is 2. The fraction of sp³-hybridized carbons (Fsp3) is 0.333. The molecular formula is C12H12N2O2S. The van der Waals surface area contributed by atoms with E-state index in [0.29, 0.717) is 6.42 Å². The van der Waals surface area contributed by atoms with E-state index >= 15 is 0 Å². The molecule has 1 aromatic carbocycles. The lowest BCUT2D eigenvalue weighted by atomic mass is 9.92. The monoisotopic (exact) mass is 248 g/mol. The third-order valence-corrected chi connectivity index (χ3v) is 4.21. The molecule has 1 aliphatic carbocycles. The third kappa shape index (κ3) is 1.38. The number of amides is 3. The van der Waals surface area contributed by atoms with Crippen molar-refractivity contribution in [2.45, 2.75) is 23.3 Å². The molecule has 3 amide bonds. The molecule has 88 valence electrons. The Bertz CT molecular complexity index is 529. The van der Waals surface area contributed by atoms with E-state index in [9.17, 15) is 9.59 Å². The van der Waals surface area contributed by atoms with E-state index in [1.165, 1.54) is 4.90 Å². The second kappa shape index (κ2) is 3.50. The highest BCUT2D eigenvalue weighted by Crippen LogP contribution is 2.40. The molecule has 17 heavy (non-hydrogen) atoms. The maximum absolute atomic E-state index is 11.9. The van der Waals surface area contributed by atoms with E-state index in [1.807, 2.05) is 18.4 Å². The van der Waals surface area contributed by atoms with Crippen LogP contribution in [0.5, 0.6) is 0 Å². The number of thioether (sulfide) groups is 1. The van der Waals surface area contributed by atoms with Crippen molar-refractivity contribution in [1.29, 1.82) is 0 Å². The predicted molar refractivity (Wildman–Crippen MR) is 64.9 cm³/mol. The number of aryl methyl sites for hydroxylation is 1. The molecule has 1 fully saturated rings. The van der Waals surface area contributed by atoms with E-state index in [2.05, 4.69) is 16.7 Å². The van der Waals surface area contributed by atoms with Gasteiger partial charge in [-0.05, 0) is 42.4 Å². The quantitative estimate of drug-likeness (QED) is 0.583. The summed E-state index contributed by atoms with van der Waals surface area (Å²) in [6.07, 6.45) is 3.51. The Hall–Kier alpha value is -1.49. The second-order valence-electron chi connectivity index (χ2n) is 4.34. The Balaban J connectivity index is 2.10. The number of benzene rings is 1. The molecule has 1 heterocycles. The van der Waals surface area contributed by atoms with Crippen LogP contribution < -0.4 is 10.6 Å². The normalized spacial score (nSPS) is 25.9. The Morgan fingerprint density at radius 1 is 1.35 bits per heavy atom. The number of imide groups is 1. The highest BCUT2D eigenvalue weighted by molar-refractivity contribution is 7.98. The van der Waals surface area contributed by atoms with Crippen LogP contribution in [0.1, 0.15) is 17.5 Å². The Morgan fingerprint density at radius 2 is 2.18 bits per heavy atom. The van der Waals surface area contributed by atoms with Gasteiger partial charge in [-0.3, -0.25) is 10.1 Å². The standard InChI is InChI=1S/C12H12N2O2S/c1-17-8-2-3-9-7(6-8)4-5-12(9)10(15)13-11(16)14-12/h2-3,6H,4-5H2,1H3,(H2,13,14,15,16). The van der Waals surface area contributed by atoms with Gasteiger partial charge in [0.05, 0.1) is 0 Å². The first-order valence-electron chi connectivity index (χ1n) is 5.47. The van der Waals surface area contributed by atoms with Gasteiger partial charge in [0.25, 0.3) is 5.91 Å². The zero-order valence-corrected chi connectivity index (χ0v) is 10.2. The highest BCUT2D eigenvalue weighted by atomic mass is 32.2. The Kier molecular flexibility index (Phi) is 2.19. The minimum absolute atomic E-state index is 0.224.